The first-order chi connectivity index (χ1) is 14.8. The van der Waals surface area contributed by atoms with Crippen LogP contribution in [0.1, 0.15) is 5.56 Å². The minimum atomic E-state index is 0.742. The van der Waals surface area contributed by atoms with Crippen molar-refractivity contribution in [1.29, 1.82) is 0 Å². The van der Waals surface area contributed by atoms with Crippen molar-refractivity contribution in [3.8, 4) is 11.5 Å². The number of pyridine rings is 1. The summed E-state index contributed by atoms with van der Waals surface area (Å²) < 4.78 is 10.8. The molecule has 0 saturated carbocycles. The van der Waals surface area contributed by atoms with Crippen LogP contribution in [0.15, 0.2) is 66.7 Å². The largest absolute Gasteiger partial charge is 0.493 e. The molecule has 0 spiro atoms. The Balaban J connectivity index is 1.51. The van der Waals surface area contributed by atoms with E-state index in [-0.39, 0.29) is 0 Å². The minimum absolute atomic E-state index is 0.742. The number of rotatable bonds is 6. The van der Waals surface area contributed by atoms with Gasteiger partial charge in [0, 0.05) is 22.8 Å². The Morgan fingerprint density at radius 2 is 1.63 bits per heavy atom. The molecule has 5 rings (SSSR count). The number of ether oxygens (including phenoxy) is 2. The van der Waals surface area contributed by atoms with Gasteiger partial charge < -0.3 is 19.8 Å². The fourth-order valence-corrected chi connectivity index (χ4v) is 4.04. The summed E-state index contributed by atoms with van der Waals surface area (Å²) in [6.07, 6.45) is 0.846. The molecule has 0 fully saturated rings. The van der Waals surface area contributed by atoms with Crippen LogP contribution in [0.5, 0.6) is 11.5 Å². The highest BCUT2D eigenvalue weighted by Crippen LogP contribution is 2.35. The summed E-state index contributed by atoms with van der Waals surface area (Å²) in [4.78, 5) is 8.53. The number of anilines is 1. The van der Waals surface area contributed by atoms with Crippen LogP contribution < -0.4 is 14.8 Å². The van der Waals surface area contributed by atoms with Crippen LogP contribution >= 0.6 is 0 Å². The zero-order chi connectivity index (χ0) is 20.5. The van der Waals surface area contributed by atoms with Crippen LogP contribution in [0.4, 0.5) is 5.82 Å². The molecule has 3 aromatic carbocycles. The molecule has 2 heterocycles. The van der Waals surface area contributed by atoms with Gasteiger partial charge in [-0.25, -0.2) is 4.98 Å². The quantitative estimate of drug-likeness (QED) is 0.395. The molecule has 0 atom stereocenters. The molecule has 0 bridgehead atoms. The predicted octanol–water partition coefficient (Wildman–Crippen LogP) is 5.54. The molecule has 2 aromatic heterocycles. The van der Waals surface area contributed by atoms with Crippen molar-refractivity contribution in [3.63, 3.8) is 0 Å². The van der Waals surface area contributed by atoms with E-state index >= 15 is 0 Å². The van der Waals surface area contributed by atoms with Crippen molar-refractivity contribution in [2.24, 2.45) is 0 Å². The second-order valence-electron chi connectivity index (χ2n) is 7.26. The van der Waals surface area contributed by atoms with Crippen LogP contribution in [0, 0.1) is 0 Å². The van der Waals surface area contributed by atoms with Crippen molar-refractivity contribution < 1.29 is 9.47 Å². The molecule has 150 valence electrons. The number of para-hydroxylation sites is 2. The normalized spacial score (nSPS) is 11.3. The van der Waals surface area contributed by atoms with Gasteiger partial charge in [-0.1, -0.05) is 42.5 Å². The summed E-state index contributed by atoms with van der Waals surface area (Å²) in [6.45, 7) is 0.759. The smallest absolute Gasteiger partial charge is 0.160 e. The molecule has 0 aliphatic carbocycles. The SMILES string of the molecule is COc1ccc(CCNc2nc3ccccc3c3[nH]c4ccccc4c23)cc1OC. The molecule has 0 saturated heterocycles. The van der Waals surface area contributed by atoms with E-state index in [0.29, 0.717) is 0 Å². The highest BCUT2D eigenvalue weighted by Gasteiger charge is 2.14. The summed E-state index contributed by atoms with van der Waals surface area (Å²) >= 11 is 0. The van der Waals surface area contributed by atoms with E-state index in [1.807, 2.05) is 18.2 Å². The van der Waals surface area contributed by atoms with Crippen molar-refractivity contribution in [3.05, 3.63) is 72.3 Å². The Bertz CT molecular complexity index is 1360. The number of aromatic nitrogens is 2. The highest BCUT2D eigenvalue weighted by atomic mass is 16.5. The summed E-state index contributed by atoms with van der Waals surface area (Å²) in [5, 5.41) is 7.02. The monoisotopic (exact) mass is 397 g/mol. The fourth-order valence-electron chi connectivity index (χ4n) is 4.04. The van der Waals surface area contributed by atoms with E-state index in [1.54, 1.807) is 14.2 Å². The van der Waals surface area contributed by atoms with E-state index in [0.717, 1.165) is 57.6 Å². The molecule has 2 N–H and O–H groups in total. The van der Waals surface area contributed by atoms with Gasteiger partial charge in [-0.15, -0.1) is 0 Å². The average molecular weight is 397 g/mol. The molecule has 30 heavy (non-hydrogen) atoms. The third-order valence-electron chi connectivity index (χ3n) is 5.50. The molecule has 0 radical (unpaired) electrons. The number of hydrogen-bond acceptors (Lipinski definition) is 4. The molecule has 0 unspecified atom stereocenters. The van der Waals surface area contributed by atoms with Crippen LogP contribution in [0.25, 0.3) is 32.7 Å². The Morgan fingerprint density at radius 1 is 0.867 bits per heavy atom. The van der Waals surface area contributed by atoms with Crippen molar-refractivity contribution in [1.82, 2.24) is 9.97 Å². The number of nitrogens with one attached hydrogen (secondary N) is 2. The Kier molecular flexibility index (Phi) is 4.64. The molecular formula is C25H23N3O2. The van der Waals surface area contributed by atoms with Crippen LogP contribution in [0.2, 0.25) is 0 Å². The molecule has 5 aromatic rings. The topological polar surface area (TPSA) is 59.2 Å². The second-order valence-corrected chi connectivity index (χ2v) is 7.26. The van der Waals surface area contributed by atoms with Gasteiger partial charge in [-0.3, -0.25) is 0 Å². The van der Waals surface area contributed by atoms with Gasteiger partial charge in [0.1, 0.15) is 5.82 Å². The first-order valence-corrected chi connectivity index (χ1v) is 10.0. The Morgan fingerprint density at radius 3 is 2.47 bits per heavy atom. The van der Waals surface area contributed by atoms with E-state index in [9.17, 15) is 0 Å². The molecular weight excluding hydrogens is 374 g/mol. The highest BCUT2D eigenvalue weighted by molar-refractivity contribution is 6.20. The van der Waals surface area contributed by atoms with E-state index < -0.39 is 0 Å². The third-order valence-corrected chi connectivity index (χ3v) is 5.50. The number of nitrogens with zero attached hydrogens (tertiary/aromatic N) is 1. The fraction of sp³-hybridized carbons (Fsp3) is 0.160. The standard InChI is InChI=1S/C25H23N3O2/c1-29-21-12-11-16(15-22(21)30-2)13-14-26-25-23-17-7-3-5-9-19(17)27-24(23)18-8-4-6-10-20(18)28-25/h3-12,15,27H,13-14H2,1-2H3,(H,26,28). The lowest BCUT2D eigenvalue weighted by Crippen LogP contribution is -2.07. The number of H-pyrrole nitrogens is 1. The maximum absolute atomic E-state index is 5.42. The van der Waals surface area contributed by atoms with Crippen molar-refractivity contribution in [2.75, 3.05) is 26.1 Å². The minimum Gasteiger partial charge on any atom is -0.493 e. The van der Waals surface area contributed by atoms with E-state index in [4.69, 9.17) is 14.5 Å². The van der Waals surface area contributed by atoms with E-state index in [2.05, 4.69) is 58.8 Å². The van der Waals surface area contributed by atoms with Gasteiger partial charge in [-0.05, 0) is 36.2 Å². The lowest BCUT2D eigenvalue weighted by atomic mass is 10.1. The maximum Gasteiger partial charge on any atom is 0.160 e. The molecule has 0 aliphatic rings. The summed E-state index contributed by atoms with van der Waals surface area (Å²) in [6, 6.07) is 22.7. The van der Waals surface area contributed by atoms with E-state index in [1.165, 1.54) is 10.9 Å². The number of hydrogen-bond donors (Lipinski definition) is 2. The zero-order valence-electron chi connectivity index (χ0n) is 17.0. The van der Waals surface area contributed by atoms with Crippen molar-refractivity contribution >= 4 is 38.5 Å². The van der Waals surface area contributed by atoms with Gasteiger partial charge in [0.25, 0.3) is 0 Å². The molecule has 5 nitrogen and oxygen atoms in total. The summed E-state index contributed by atoms with van der Waals surface area (Å²) in [5.41, 5.74) is 4.39. The zero-order valence-corrected chi connectivity index (χ0v) is 17.0. The van der Waals surface area contributed by atoms with Crippen LogP contribution in [-0.2, 0) is 6.42 Å². The first-order valence-electron chi connectivity index (χ1n) is 10.0. The molecule has 0 amide bonds. The van der Waals surface area contributed by atoms with Crippen molar-refractivity contribution in [2.45, 2.75) is 6.42 Å². The number of benzene rings is 3. The lowest BCUT2D eigenvalue weighted by molar-refractivity contribution is 0.354. The molecule has 0 aliphatic heterocycles. The summed E-state index contributed by atoms with van der Waals surface area (Å²) in [5.74, 6) is 2.39. The number of fused-ring (bicyclic) bond motifs is 5. The predicted molar refractivity (Wildman–Crippen MR) is 123 cm³/mol. The van der Waals surface area contributed by atoms with Gasteiger partial charge in [-0.2, -0.15) is 0 Å². The second kappa shape index (κ2) is 7.59. The van der Waals surface area contributed by atoms with Gasteiger partial charge in [0.05, 0.1) is 30.6 Å². The lowest BCUT2D eigenvalue weighted by Gasteiger charge is -2.12. The van der Waals surface area contributed by atoms with Gasteiger partial charge in [0.2, 0.25) is 0 Å². The number of aromatic amines is 1. The van der Waals surface area contributed by atoms with Crippen LogP contribution in [0.3, 0.4) is 0 Å². The van der Waals surface area contributed by atoms with Gasteiger partial charge in [0.15, 0.2) is 11.5 Å². The third kappa shape index (κ3) is 3.08. The Hall–Kier alpha value is -3.73. The number of methoxy groups -OCH3 is 2. The van der Waals surface area contributed by atoms with Gasteiger partial charge >= 0.3 is 0 Å². The molecule has 5 heteroatoms. The summed E-state index contributed by atoms with van der Waals surface area (Å²) in [7, 11) is 3.31. The first kappa shape index (κ1) is 18.3. The maximum atomic E-state index is 5.42. The van der Waals surface area contributed by atoms with Crippen LogP contribution in [-0.4, -0.2) is 30.7 Å². The Labute approximate surface area is 174 Å². The average Bonchev–Trinajstić information content (AvgIpc) is 3.19.